The molecule has 1 aromatic carbocycles. The molecule has 2 aromatic rings. The van der Waals surface area contributed by atoms with E-state index in [4.69, 9.17) is 4.74 Å². The molecule has 0 fully saturated rings. The molecule has 1 aliphatic rings. The van der Waals surface area contributed by atoms with E-state index in [9.17, 15) is 9.59 Å². The summed E-state index contributed by atoms with van der Waals surface area (Å²) in [6.45, 7) is 1.84. The molecular weight excluding hydrogens is 353 g/mol. The average Bonchev–Trinajstić information content (AvgIpc) is 2.88. The zero-order valence-electron chi connectivity index (χ0n) is 11.4. The van der Waals surface area contributed by atoms with Gasteiger partial charge in [-0.2, -0.15) is 0 Å². The Kier molecular flexibility index (Phi) is 3.85. The summed E-state index contributed by atoms with van der Waals surface area (Å²) in [4.78, 5) is 30.5. The van der Waals surface area contributed by atoms with Gasteiger partial charge in [-0.05, 0) is 0 Å². The van der Waals surface area contributed by atoms with E-state index in [2.05, 4.69) is 4.98 Å². The number of carbonyl (C=O) groups excluding carboxylic acids is 2. The van der Waals surface area contributed by atoms with Crippen LogP contribution in [0.3, 0.4) is 0 Å². The molecule has 0 unspecified atom stereocenters. The fraction of sp³-hybridized carbons (Fsp3) is 0.133. The number of carbonyl (C=O) groups is 2. The molecule has 0 radical (unpaired) electrons. The maximum absolute atomic E-state index is 12.6. The fourth-order valence-corrected chi connectivity index (χ4v) is 4.98. The maximum atomic E-state index is 12.6. The number of methoxy groups -OCH3 is 1. The van der Waals surface area contributed by atoms with Crippen LogP contribution < -0.4 is 0 Å². The molecule has 1 aromatic heterocycles. The van der Waals surface area contributed by atoms with E-state index in [1.54, 1.807) is 0 Å². The van der Waals surface area contributed by atoms with Gasteiger partial charge in [0.15, 0.2) is 0 Å². The Labute approximate surface area is 132 Å². The van der Waals surface area contributed by atoms with Crippen LogP contribution in [-0.2, 0) is 4.74 Å². The van der Waals surface area contributed by atoms with Gasteiger partial charge in [-0.15, -0.1) is 0 Å². The summed E-state index contributed by atoms with van der Waals surface area (Å²) < 4.78 is 6.58. The molecule has 0 bridgehead atoms. The molecule has 0 aliphatic heterocycles. The molecule has 1 heterocycles. The number of thioether (sulfide) groups is 1. The zero-order valence-corrected chi connectivity index (χ0v) is 13.9. The van der Waals surface area contributed by atoms with E-state index < -0.39 is 0 Å². The molecule has 0 amide bonds. The number of aromatic nitrogens is 1. The van der Waals surface area contributed by atoms with Crippen LogP contribution in [0.25, 0.3) is 0 Å². The third-order valence-electron chi connectivity index (χ3n) is 2.94. The first-order chi connectivity index (χ1) is 10.1. The van der Waals surface area contributed by atoms with Gasteiger partial charge in [0.05, 0.1) is 0 Å². The number of nitrogens with zero attached hydrogens (tertiary/aromatic N) is 1. The van der Waals surface area contributed by atoms with Gasteiger partial charge in [0.2, 0.25) is 0 Å². The SMILES string of the molecule is COC1=C(Sc2ccccc2)C(=O)c2[se]c(C)nc2C1=O. The molecule has 4 nitrogen and oxygen atoms in total. The molecular formula is C15H11NO3SSe. The number of benzene rings is 1. The van der Waals surface area contributed by atoms with Crippen LogP contribution in [0.15, 0.2) is 45.9 Å². The van der Waals surface area contributed by atoms with E-state index in [0.29, 0.717) is 9.34 Å². The van der Waals surface area contributed by atoms with E-state index in [1.165, 1.54) is 18.9 Å². The molecule has 21 heavy (non-hydrogen) atoms. The molecule has 6 heteroatoms. The second-order valence-corrected chi connectivity index (χ2v) is 7.95. The van der Waals surface area contributed by atoms with Gasteiger partial charge < -0.3 is 0 Å². The topological polar surface area (TPSA) is 56.3 Å². The number of rotatable bonds is 3. The Bertz CT molecular complexity index is 764. The van der Waals surface area contributed by atoms with Crippen LogP contribution in [0.2, 0.25) is 0 Å². The number of Topliss-reactive ketones (excluding diaryl/α,β-unsaturated/α-hetero) is 2. The van der Waals surface area contributed by atoms with E-state index >= 15 is 0 Å². The standard InChI is InChI=1S/C15H11NO3SSe/c1-8-16-10-11(17)13(19-2)14(12(18)15(10)21-8)20-9-6-4-3-5-7-9/h3-7H,1-2H3. The first-order valence-electron chi connectivity index (χ1n) is 6.20. The summed E-state index contributed by atoms with van der Waals surface area (Å²) in [7, 11) is 1.41. The second kappa shape index (κ2) is 5.64. The molecule has 0 saturated carbocycles. The Hall–Kier alpha value is -1.62. The monoisotopic (exact) mass is 365 g/mol. The summed E-state index contributed by atoms with van der Waals surface area (Å²) in [5.74, 6) is -0.318. The van der Waals surface area contributed by atoms with Gasteiger partial charge in [-0.1, -0.05) is 0 Å². The van der Waals surface area contributed by atoms with Gasteiger partial charge in [0.1, 0.15) is 0 Å². The average molecular weight is 364 g/mol. The molecule has 0 saturated heterocycles. The Morgan fingerprint density at radius 1 is 1.14 bits per heavy atom. The van der Waals surface area contributed by atoms with Crippen LogP contribution in [0.1, 0.15) is 24.3 Å². The van der Waals surface area contributed by atoms with E-state index in [1.807, 2.05) is 37.3 Å². The molecule has 3 rings (SSSR count). The Balaban J connectivity index is 2.08. The van der Waals surface area contributed by atoms with Gasteiger partial charge in [0.25, 0.3) is 0 Å². The van der Waals surface area contributed by atoms with Crippen molar-refractivity contribution in [1.29, 1.82) is 0 Å². The predicted octanol–water partition coefficient (Wildman–Crippen LogP) is 2.48. The predicted molar refractivity (Wildman–Crippen MR) is 80.9 cm³/mol. The Morgan fingerprint density at radius 2 is 1.86 bits per heavy atom. The number of ether oxygens (including phenoxy) is 1. The molecule has 1 aliphatic carbocycles. The summed E-state index contributed by atoms with van der Waals surface area (Å²) in [6.07, 6.45) is 0. The number of hydrogen-bond acceptors (Lipinski definition) is 5. The molecule has 0 atom stereocenters. The Morgan fingerprint density at radius 3 is 2.52 bits per heavy atom. The number of ketones is 2. The number of allylic oxidation sites excluding steroid dienone is 2. The van der Waals surface area contributed by atoms with Gasteiger partial charge in [-0.25, -0.2) is 0 Å². The fourth-order valence-electron chi connectivity index (χ4n) is 2.04. The van der Waals surface area contributed by atoms with Crippen molar-refractivity contribution >= 4 is 37.8 Å². The summed E-state index contributed by atoms with van der Waals surface area (Å²) in [6, 6.07) is 9.48. The molecule has 0 spiro atoms. The van der Waals surface area contributed by atoms with Crippen molar-refractivity contribution in [3.8, 4) is 0 Å². The summed E-state index contributed by atoms with van der Waals surface area (Å²) >= 11 is 1.11. The van der Waals surface area contributed by atoms with Crippen molar-refractivity contribution < 1.29 is 14.3 Å². The van der Waals surface area contributed by atoms with Crippen LogP contribution in [0.4, 0.5) is 0 Å². The van der Waals surface area contributed by atoms with E-state index in [0.717, 1.165) is 9.46 Å². The van der Waals surface area contributed by atoms with Crippen molar-refractivity contribution in [1.82, 2.24) is 4.98 Å². The van der Waals surface area contributed by atoms with Crippen molar-refractivity contribution in [2.45, 2.75) is 11.8 Å². The van der Waals surface area contributed by atoms with Crippen molar-refractivity contribution in [3.05, 3.63) is 55.7 Å². The van der Waals surface area contributed by atoms with Crippen LogP contribution in [0, 0.1) is 6.92 Å². The molecule has 106 valence electrons. The quantitative estimate of drug-likeness (QED) is 0.784. The van der Waals surface area contributed by atoms with Gasteiger partial charge in [0, 0.05) is 0 Å². The van der Waals surface area contributed by atoms with E-state index in [-0.39, 0.29) is 37.5 Å². The summed E-state index contributed by atoms with van der Waals surface area (Å²) in [5.41, 5.74) is 0.270. The third kappa shape index (κ3) is 2.50. The van der Waals surface area contributed by atoms with Crippen molar-refractivity contribution in [2.24, 2.45) is 0 Å². The first-order valence-corrected chi connectivity index (χ1v) is 8.72. The third-order valence-corrected chi connectivity index (χ3v) is 6.06. The minimum atomic E-state index is -0.288. The second-order valence-electron chi connectivity index (χ2n) is 4.35. The van der Waals surface area contributed by atoms with Crippen LogP contribution in [0.5, 0.6) is 0 Å². The van der Waals surface area contributed by atoms with Gasteiger partial charge in [-0.3, -0.25) is 0 Å². The van der Waals surface area contributed by atoms with Crippen LogP contribution in [-0.4, -0.2) is 38.2 Å². The molecule has 0 N–H and O–H groups in total. The zero-order chi connectivity index (χ0) is 15.0. The first kappa shape index (κ1) is 14.3. The minimum absolute atomic E-state index is 0.0989. The van der Waals surface area contributed by atoms with Crippen molar-refractivity contribution in [2.75, 3.05) is 7.11 Å². The normalized spacial score (nSPS) is 14.4. The van der Waals surface area contributed by atoms with Gasteiger partial charge >= 0.3 is 132 Å². The number of aryl methyl sites for hydroxylation is 1. The number of hydrogen-bond donors (Lipinski definition) is 0. The number of fused-ring (bicyclic) bond motifs is 1. The van der Waals surface area contributed by atoms with Crippen molar-refractivity contribution in [3.63, 3.8) is 0 Å². The summed E-state index contributed by atoms with van der Waals surface area (Å²) in [5, 5.41) is 0. The van der Waals surface area contributed by atoms with Crippen LogP contribution >= 0.6 is 11.8 Å².